The fourth-order valence-corrected chi connectivity index (χ4v) is 2.01. The van der Waals surface area contributed by atoms with Crippen LogP contribution < -0.4 is 4.90 Å². The summed E-state index contributed by atoms with van der Waals surface area (Å²) in [5.74, 6) is -2.48. The van der Waals surface area contributed by atoms with E-state index in [1.165, 1.54) is 0 Å². The standard InChI is InChI=1S/C13H17FN2O4/c1-3-5-15(6-4-2)11-8-10(14)9(13(17)18)7-12(11)16(19)20/h7-8H,3-6H2,1-2H3,(H,17,18). The average molecular weight is 284 g/mol. The number of halogens is 1. The van der Waals surface area contributed by atoms with Crippen LogP contribution in [0.25, 0.3) is 0 Å². The molecule has 0 spiro atoms. The predicted octanol–water partition coefficient (Wildman–Crippen LogP) is 3.06. The first-order valence-corrected chi connectivity index (χ1v) is 6.38. The first-order valence-electron chi connectivity index (χ1n) is 6.38. The van der Waals surface area contributed by atoms with E-state index in [0.717, 1.165) is 25.0 Å². The van der Waals surface area contributed by atoms with E-state index in [2.05, 4.69) is 0 Å². The van der Waals surface area contributed by atoms with Gasteiger partial charge in [0.1, 0.15) is 17.1 Å². The Morgan fingerprint density at radius 3 is 2.30 bits per heavy atom. The molecule has 0 fully saturated rings. The van der Waals surface area contributed by atoms with E-state index in [0.29, 0.717) is 13.1 Å². The van der Waals surface area contributed by atoms with Gasteiger partial charge < -0.3 is 10.0 Å². The number of carboxylic acid groups (broad SMARTS) is 1. The van der Waals surface area contributed by atoms with Gasteiger partial charge in [-0.1, -0.05) is 13.8 Å². The van der Waals surface area contributed by atoms with E-state index in [4.69, 9.17) is 5.11 Å². The normalized spacial score (nSPS) is 10.3. The van der Waals surface area contributed by atoms with Gasteiger partial charge >= 0.3 is 5.97 Å². The maximum absolute atomic E-state index is 13.8. The van der Waals surface area contributed by atoms with Crippen molar-refractivity contribution >= 4 is 17.3 Å². The monoisotopic (exact) mass is 284 g/mol. The van der Waals surface area contributed by atoms with E-state index in [1.807, 2.05) is 13.8 Å². The molecule has 1 N–H and O–H groups in total. The Morgan fingerprint density at radius 1 is 1.35 bits per heavy atom. The van der Waals surface area contributed by atoms with Gasteiger partial charge in [0.05, 0.1) is 4.92 Å². The smallest absolute Gasteiger partial charge is 0.338 e. The first-order chi connectivity index (χ1) is 9.42. The summed E-state index contributed by atoms with van der Waals surface area (Å²) in [5, 5.41) is 19.9. The lowest BCUT2D eigenvalue weighted by Crippen LogP contribution is -2.26. The van der Waals surface area contributed by atoms with Crippen LogP contribution in [0.3, 0.4) is 0 Å². The highest BCUT2D eigenvalue weighted by Crippen LogP contribution is 2.31. The number of benzene rings is 1. The van der Waals surface area contributed by atoms with Crippen LogP contribution in [0.5, 0.6) is 0 Å². The van der Waals surface area contributed by atoms with Gasteiger partial charge in [-0.05, 0) is 12.8 Å². The molecule has 0 amide bonds. The summed E-state index contributed by atoms with van der Waals surface area (Å²) in [6.07, 6.45) is 1.50. The van der Waals surface area contributed by atoms with Crippen molar-refractivity contribution in [3.63, 3.8) is 0 Å². The third-order valence-corrected chi connectivity index (χ3v) is 2.82. The van der Waals surface area contributed by atoms with Crippen LogP contribution in [-0.4, -0.2) is 29.1 Å². The minimum Gasteiger partial charge on any atom is -0.478 e. The second-order valence-corrected chi connectivity index (χ2v) is 4.37. The fraction of sp³-hybridized carbons (Fsp3) is 0.462. The molecule has 0 bridgehead atoms. The van der Waals surface area contributed by atoms with Crippen molar-refractivity contribution in [3.05, 3.63) is 33.6 Å². The lowest BCUT2D eigenvalue weighted by atomic mass is 10.1. The molecule has 0 radical (unpaired) electrons. The summed E-state index contributed by atoms with van der Waals surface area (Å²) in [6, 6.07) is 1.72. The molecule has 0 aliphatic rings. The molecule has 20 heavy (non-hydrogen) atoms. The van der Waals surface area contributed by atoms with Gasteiger partial charge in [0.25, 0.3) is 5.69 Å². The molecule has 0 unspecified atom stereocenters. The molecule has 110 valence electrons. The molecule has 0 heterocycles. The van der Waals surface area contributed by atoms with Crippen molar-refractivity contribution in [2.24, 2.45) is 0 Å². The number of nitro groups is 1. The van der Waals surface area contributed by atoms with E-state index in [-0.39, 0.29) is 11.4 Å². The van der Waals surface area contributed by atoms with E-state index in [9.17, 15) is 19.3 Å². The fourth-order valence-electron chi connectivity index (χ4n) is 2.01. The Kier molecular flexibility index (Phi) is 5.42. The SMILES string of the molecule is CCCN(CCC)c1cc(F)c(C(=O)O)cc1[N+](=O)[O-]. The van der Waals surface area contributed by atoms with E-state index < -0.39 is 22.3 Å². The Balaban J connectivity index is 3.39. The topological polar surface area (TPSA) is 83.7 Å². The van der Waals surface area contributed by atoms with Crippen LogP contribution in [0.15, 0.2) is 12.1 Å². The molecule has 0 saturated heterocycles. The maximum Gasteiger partial charge on any atom is 0.338 e. The molecule has 0 atom stereocenters. The third kappa shape index (κ3) is 3.43. The lowest BCUT2D eigenvalue weighted by Gasteiger charge is -2.23. The number of rotatable bonds is 7. The van der Waals surface area contributed by atoms with Crippen molar-refractivity contribution in [2.45, 2.75) is 26.7 Å². The first kappa shape index (κ1) is 15.9. The number of carbonyl (C=O) groups is 1. The molecule has 1 rings (SSSR count). The number of hydrogen-bond acceptors (Lipinski definition) is 4. The Morgan fingerprint density at radius 2 is 1.90 bits per heavy atom. The molecule has 7 heteroatoms. The Hall–Kier alpha value is -2.18. The van der Waals surface area contributed by atoms with Gasteiger partial charge in [-0.25, -0.2) is 9.18 Å². The molecular weight excluding hydrogens is 267 g/mol. The van der Waals surface area contributed by atoms with Gasteiger partial charge in [-0.3, -0.25) is 10.1 Å². The zero-order chi connectivity index (χ0) is 15.3. The van der Waals surface area contributed by atoms with Crippen molar-refractivity contribution in [3.8, 4) is 0 Å². The van der Waals surface area contributed by atoms with Gasteiger partial charge in [0.15, 0.2) is 0 Å². The van der Waals surface area contributed by atoms with E-state index >= 15 is 0 Å². The minimum absolute atomic E-state index is 0.126. The van der Waals surface area contributed by atoms with Gasteiger partial charge in [-0.2, -0.15) is 0 Å². The molecule has 0 aliphatic carbocycles. The molecule has 1 aromatic rings. The second-order valence-electron chi connectivity index (χ2n) is 4.37. The Labute approximate surface area is 116 Å². The minimum atomic E-state index is -1.52. The van der Waals surface area contributed by atoms with Crippen molar-refractivity contribution in [2.75, 3.05) is 18.0 Å². The molecule has 0 saturated carbocycles. The predicted molar refractivity (Wildman–Crippen MR) is 72.8 cm³/mol. The van der Waals surface area contributed by atoms with Crippen LogP contribution >= 0.6 is 0 Å². The van der Waals surface area contributed by atoms with Crippen LogP contribution in [0, 0.1) is 15.9 Å². The average Bonchev–Trinajstić information content (AvgIpc) is 2.37. The zero-order valence-corrected chi connectivity index (χ0v) is 11.4. The summed E-state index contributed by atoms with van der Waals surface area (Å²) in [6.45, 7) is 4.91. The van der Waals surface area contributed by atoms with Gasteiger partial charge in [-0.15, -0.1) is 0 Å². The quantitative estimate of drug-likeness (QED) is 0.614. The van der Waals surface area contributed by atoms with Crippen LogP contribution in [-0.2, 0) is 0 Å². The van der Waals surface area contributed by atoms with Crippen molar-refractivity contribution in [1.29, 1.82) is 0 Å². The Bertz CT molecular complexity index is 513. The maximum atomic E-state index is 13.8. The molecule has 0 aromatic heterocycles. The van der Waals surface area contributed by atoms with Gasteiger partial charge in [0, 0.05) is 25.2 Å². The molecule has 6 nitrogen and oxygen atoms in total. The van der Waals surface area contributed by atoms with E-state index in [1.54, 1.807) is 4.90 Å². The number of anilines is 1. The summed E-state index contributed by atoms with van der Waals surface area (Å²) in [4.78, 5) is 23.0. The second kappa shape index (κ2) is 6.83. The van der Waals surface area contributed by atoms with Gasteiger partial charge in [0.2, 0.25) is 0 Å². The molecular formula is C13H17FN2O4. The third-order valence-electron chi connectivity index (χ3n) is 2.82. The summed E-state index contributed by atoms with van der Waals surface area (Å²) in [5.41, 5.74) is -0.944. The number of aromatic carboxylic acids is 1. The van der Waals surface area contributed by atoms with Crippen LogP contribution in [0.1, 0.15) is 37.0 Å². The highest BCUT2D eigenvalue weighted by atomic mass is 19.1. The van der Waals surface area contributed by atoms with Crippen molar-refractivity contribution < 1.29 is 19.2 Å². The zero-order valence-electron chi connectivity index (χ0n) is 11.4. The van der Waals surface area contributed by atoms with Crippen LogP contribution in [0.2, 0.25) is 0 Å². The summed E-state index contributed by atoms with van der Waals surface area (Å²) < 4.78 is 13.8. The number of nitrogens with zero attached hydrogens (tertiary/aromatic N) is 2. The molecule has 1 aromatic carbocycles. The van der Waals surface area contributed by atoms with Crippen molar-refractivity contribution in [1.82, 2.24) is 0 Å². The summed E-state index contributed by atoms with van der Waals surface area (Å²) >= 11 is 0. The number of hydrogen-bond donors (Lipinski definition) is 1. The highest BCUT2D eigenvalue weighted by molar-refractivity contribution is 5.90. The summed E-state index contributed by atoms with van der Waals surface area (Å²) in [7, 11) is 0. The largest absolute Gasteiger partial charge is 0.478 e. The lowest BCUT2D eigenvalue weighted by molar-refractivity contribution is -0.384. The number of nitro benzene ring substituents is 1. The highest BCUT2D eigenvalue weighted by Gasteiger charge is 2.24. The molecule has 0 aliphatic heterocycles. The number of carboxylic acids is 1. The van der Waals surface area contributed by atoms with Crippen LogP contribution in [0.4, 0.5) is 15.8 Å².